The van der Waals surface area contributed by atoms with Gasteiger partial charge in [-0.1, -0.05) is 20.8 Å². The van der Waals surface area contributed by atoms with E-state index in [1.807, 2.05) is 30.5 Å². The van der Waals surface area contributed by atoms with E-state index < -0.39 is 0 Å². The molecule has 0 saturated carbocycles. The van der Waals surface area contributed by atoms with E-state index in [0.29, 0.717) is 10.5 Å². The molecule has 0 aromatic heterocycles. The molecule has 1 fully saturated rings. The largest absolute Gasteiger partial charge is 0.340 e. The van der Waals surface area contributed by atoms with E-state index in [2.05, 4.69) is 13.8 Å². The molecule has 0 aromatic rings. The van der Waals surface area contributed by atoms with Crippen LogP contribution in [-0.4, -0.2) is 40.4 Å². The van der Waals surface area contributed by atoms with Crippen molar-refractivity contribution in [1.82, 2.24) is 4.90 Å². The van der Waals surface area contributed by atoms with Gasteiger partial charge in [-0.2, -0.15) is 11.8 Å². The summed E-state index contributed by atoms with van der Waals surface area (Å²) in [7, 11) is 0. The highest BCUT2D eigenvalue weighted by molar-refractivity contribution is 8.00. The average molecular weight is 230 g/mol. The van der Waals surface area contributed by atoms with E-state index in [1.165, 1.54) is 0 Å². The summed E-state index contributed by atoms with van der Waals surface area (Å²) >= 11 is 1.96. The van der Waals surface area contributed by atoms with Crippen LogP contribution in [0.2, 0.25) is 0 Å². The van der Waals surface area contributed by atoms with E-state index >= 15 is 0 Å². The maximum atomic E-state index is 12.1. The highest BCUT2D eigenvalue weighted by atomic mass is 32.2. The van der Waals surface area contributed by atoms with Crippen molar-refractivity contribution in [2.24, 2.45) is 11.7 Å². The van der Waals surface area contributed by atoms with Gasteiger partial charge in [0, 0.05) is 29.6 Å². The number of carbonyl (C=O) groups excluding carboxylic acids is 1. The number of rotatable bonds is 2. The summed E-state index contributed by atoms with van der Waals surface area (Å²) in [5.74, 6) is 0.150. The van der Waals surface area contributed by atoms with Crippen LogP contribution in [0.1, 0.15) is 27.7 Å². The molecular weight excluding hydrogens is 208 g/mol. The lowest BCUT2D eigenvalue weighted by Gasteiger charge is -2.36. The van der Waals surface area contributed by atoms with Gasteiger partial charge in [-0.05, 0) is 6.92 Å². The Morgan fingerprint density at radius 1 is 1.33 bits per heavy atom. The van der Waals surface area contributed by atoms with Crippen LogP contribution in [-0.2, 0) is 4.79 Å². The monoisotopic (exact) mass is 230 g/mol. The molecule has 88 valence electrons. The van der Waals surface area contributed by atoms with Gasteiger partial charge in [0.05, 0.1) is 5.92 Å². The van der Waals surface area contributed by atoms with E-state index in [9.17, 15) is 4.79 Å². The SMILES string of the molecule is CC1CN(C(=O)C(C)C(C)N)CC(C)S1. The summed E-state index contributed by atoms with van der Waals surface area (Å²) in [4.78, 5) is 14.0. The van der Waals surface area contributed by atoms with Gasteiger partial charge in [-0.15, -0.1) is 0 Å². The molecule has 1 aliphatic rings. The quantitative estimate of drug-likeness (QED) is 0.778. The maximum Gasteiger partial charge on any atom is 0.227 e. The molecule has 1 aliphatic heterocycles. The molecule has 15 heavy (non-hydrogen) atoms. The third-order valence-corrected chi connectivity index (χ3v) is 4.14. The molecule has 1 amide bonds. The molecule has 0 radical (unpaired) electrons. The van der Waals surface area contributed by atoms with E-state index in [0.717, 1.165) is 13.1 Å². The molecule has 3 nitrogen and oxygen atoms in total. The van der Waals surface area contributed by atoms with Crippen molar-refractivity contribution in [3.05, 3.63) is 0 Å². The lowest BCUT2D eigenvalue weighted by molar-refractivity contribution is -0.135. The lowest BCUT2D eigenvalue weighted by atomic mass is 10.0. The molecule has 1 heterocycles. The number of carbonyl (C=O) groups is 1. The number of hydrogen-bond donors (Lipinski definition) is 1. The molecular formula is C11H22N2OS. The molecule has 4 heteroatoms. The zero-order chi connectivity index (χ0) is 11.6. The Morgan fingerprint density at radius 2 is 1.80 bits per heavy atom. The van der Waals surface area contributed by atoms with Crippen LogP contribution in [0.5, 0.6) is 0 Å². The molecule has 4 atom stereocenters. The van der Waals surface area contributed by atoms with Crippen molar-refractivity contribution in [3.63, 3.8) is 0 Å². The Kier molecular flexibility index (Phi) is 4.46. The van der Waals surface area contributed by atoms with Gasteiger partial charge in [-0.25, -0.2) is 0 Å². The van der Waals surface area contributed by atoms with Crippen LogP contribution in [0.4, 0.5) is 0 Å². The second-order valence-electron chi connectivity index (χ2n) is 4.65. The lowest BCUT2D eigenvalue weighted by Crippen LogP contribution is -2.48. The van der Waals surface area contributed by atoms with Gasteiger partial charge in [0.25, 0.3) is 0 Å². The topological polar surface area (TPSA) is 46.3 Å². The molecule has 2 N–H and O–H groups in total. The van der Waals surface area contributed by atoms with Crippen molar-refractivity contribution in [1.29, 1.82) is 0 Å². The van der Waals surface area contributed by atoms with E-state index in [-0.39, 0.29) is 17.9 Å². The fraction of sp³-hybridized carbons (Fsp3) is 0.909. The van der Waals surface area contributed by atoms with Gasteiger partial charge in [0.1, 0.15) is 0 Å². The van der Waals surface area contributed by atoms with Crippen LogP contribution < -0.4 is 5.73 Å². The first-order chi connectivity index (χ1) is 6.91. The third kappa shape index (κ3) is 3.38. The Labute approximate surface area is 96.8 Å². The van der Waals surface area contributed by atoms with Crippen LogP contribution in [0.3, 0.4) is 0 Å². The van der Waals surface area contributed by atoms with Crippen molar-refractivity contribution in [2.45, 2.75) is 44.2 Å². The summed E-state index contributed by atoms with van der Waals surface area (Å²) in [5, 5.41) is 1.08. The van der Waals surface area contributed by atoms with Crippen molar-refractivity contribution >= 4 is 17.7 Å². The number of amides is 1. The highest BCUT2D eigenvalue weighted by Gasteiger charge is 2.29. The molecule has 0 aliphatic carbocycles. The minimum atomic E-state index is -0.0625. The second kappa shape index (κ2) is 5.21. The van der Waals surface area contributed by atoms with E-state index in [1.54, 1.807) is 0 Å². The average Bonchev–Trinajstić information content (AvgIpc) is 2.13. The Morgan fingerprint density at radius 3 is 2.20 bits per heavy atom. The minimum absolute atomic E-state index is 0.0577. The summed E-state index contributed by atoms with van der Waals surface area (Å²) in [6.07, 6.45) is 0. The van der Waals surface area contributed by atoms with Crippen molar-refractivity contribution < 1.29 is 4.79 Å². The Bertz CT molecular complexity index is 223. The normalized spacial score (nSPS) is 31.1. The zero-order valence-electron chi connectivity index (χ0n) is 10.1. The van der Waals surface area contributed by atoms with Crippen LogP contribution >= 0.6 is 11.8 Å². The molecule has 1 saturated heterocycles. The van der Waals surface area contributed by atoms with Crippen molar-refractivity contribution in [3.8, 4) is 0 Å². The fourth-order valence-electron chi connectivity index (χ4n) is 1.87. The predicted molar refractivity (Wildman–Crippen MR) is 65.9 cm³/mol. The molecule has 0 aromatic carbocycles. The Hall–Kier alpha value is -0.220. The zero-order valence-corrected chi connectivity index (χ0v) is 10.9. The number of nitrogens with zero attached hydrogens (tertiary/aromatic N) is 1. The van der Waals surface area contributed by atoms with Gasteiger partial charge >= 0.3 is 0 Å². The summed E-state index contributed by atoms with van der Waals surface area (Å²) in [6, 6.07) is -0.0577. The third-order valence-electron chi connectivity index (χ3n) is 2.91. The smallest absolute Gasteiger partial charge is 0.227 e. The maximum absolute atomic E-state index is 12.1. The predicted octanol–water partition coefficient (Wildman–Crippen LogP) is 1.32. The summed E-state index contributed by atoms with van der Waals surface area (Å²) in [5.41, 5.74) is 5.76. The fourth-order valence-corrected chi connectivity index (χ4v) is 3.20. The second-order valence-corrected chi connectivity index (χ2v) is 6.53. The number of thioether (sulfide) groups is 1. The Balaban J connectivity index is 2.59. The van der Waals surface area contributed by atoms with E-state index in [4.69, 9.17) is 5.73 Å². The first-order valence-corrected chi connectivity index (χ1v) is 6.56. The van der Waals surface area contributed by atoms with Crippen LogP contribution in [0, 0.1) is 5.92 Å². The molecule has 0 spiro atoms. The van der Waals surface area contributed by atoms with Gasteiger partial charge in [0.2, 0.25) is 5.91 Å². The molecule has 0 bridgehead atoms. The number of nitrogens with two attached hydrogens (primary N) is 1. The first-order valence-electron chi connectivity index (χ1n) is 5.61. The number of hydrogen-bond acceptors (Lipinski definition) is 3. The van der Waals surface area contributed by atoms with Crippen molar-refractivity contribution in [2.75, 3.05) is 13.1 Å². The van der Waals surface area contributed by atoms with Crippen LogP contribution in [0.25, 0.3) is 0 Å². The van der Waals surface area contributed by atoms with Gasteiger partial charge < -0.3 is 10.6 Å². The van der Waals surface area contributed by atoms with Crippen LogP contribution in [0.15, 0.2) is 0 Å². The standard InChI is InChI=1S/C11H22N2OS/c1-7-5-13(6-8(2)15-7)11(14)9(3)10(4)12/h7-10H,5-6,12H2,1-4H3. The molecule has 4 unspecified atom stereocenters. The van der Waals surface area contributed by atoms with Gasteiger partial charge in [-0.3, -0.25) is 4.79 Å². The highest BCUT2D eigenvalue weighted by Crippen LogP contribution is 2.25. The summed E-state index contributed by atoms with van der Waals surface area (Å²) < 4.78 is 0. The van der Waals surface area contributed by atoms with Gasteiger partial charge in [0.15, 0.2) is 0 Å². The summed E-state index contributed by atoms with van der Waals surface area (Å²) in [6.45, 7) is 9.91. The molecule has 1 rings (SSSR count). The minimum Gasteiger partial charge on any atom is -0.340 e. The first kappa shape index (κ1) is 12.8.